The van der Waals surface area contributed by atoms with Gasteiger partial charge in [0.25, 0.3) is 5.91 Å². The molecule has 0 aliphatic carbocycles. The highest BCUT2D eigenvalue weighted by molar-refractivity contribution is 6.30. The molecular weight excluding hydrogens is 356 g/mol. The molecule has 0 aliphatic heterocycles. The number of halogens is 1. The molecule has 0 aliphatic rings. The van der Waals surface area contributed by atoms with Crippen LogP contribution < -0.4 is 5.32 Å². The largest absolute Gasteiger partial charge is 0.461 e. The van der Waals surface area contributed by atoms with E-state index in [1.54, 1.807) is 55.5 Å². The quantitative estimate of drug-likeness (QED) is 0.672. The highest BCUT2D eigenvalue weighted by atomic mass is 35.5. The molecular formula is C19H15ClN2O4. The summed E-state index contributed by atoms with van der Waals surface area (Å²) in [6.45, 7) is 1.83. The number of carbonyl (C=O) groups excluding carboxylic acids is 2. The van der Waals surface area contributed by atoms with Crippen LogP contribution in [0.2, 0.25) is 5.02 Å². The standard InChI is InChI=1S/C19H15ClN2O4/c1-2-25-19(24)16-15(17(26-22-16)12-6-4-3-5-7-12)18(23)21-14-10-8-13(20)9-11-14/h3-11H,2H2,1H3,(H,21,23). The summed E-state index contributed by atoms with van der Waals surface area (Å²) in [7, 11) is 0. The highest BCUT2D eigenvalue weighted by Gasteiger charge is 2.29. The van der Waals surface area contributed by atoms with Gasteiger partial charge in [0.05, 0.1) is 6.61 Å². The van der Waals surface area contributed by atoms with Gasteiger partial charge in [-0.15, -0.1) is 0 Å². The summed E-state index contributed by atoms with van der Waals surface area (Å²) in [4.78, 5) is 25.0. The van der Waals surface area contributed by atoms with E-state index in [0.29, 0.717) is 16.3 Å². The van der Waals surface area contributed by atoms with Gasteiger partial charge in [0.1, 0.15) is 5.56 Å². The van der Waals surface area contributed by atoms with Crippen molar-refractivity contribution in [3.05, 3.63) is 70.9 Å². The van der Waals surface area contributed by atoms with Crippen molar-refractivity contribution in [1.29, 1.82) is 0 Å². The SMILES string of the molecule is CCOC(=O)c1noc(-c2ccccc2)c1C(=O)Nc1ccc(Cl)cc1. The van der Waals surface area contributed by atoms with Crippen molar-refractivity contribution in [2.75, 3.05) is 11.9 Å². The van der Waals surface area contributed by atoms with Crippen LogP contribution in [0.4, 0.5) is 5.69 Å². The van der Waals surface area contributed by atoms with Gasteiger partial charge in [0.15, 0.2) is 5.76 Å². The molecule has 1 N–H and O–H groups in total. The van der Waals surface area contributed by atoms with E-state index in [9.17, 15) is 9.59 Å². The summed E-state index contributed by atoms with van der Waals surface area (Å²) in [5.41, 5.74) is 0.994. The predicted molar refractivity (Wildman–Crippen MR) is 97.3 cm³/mol. The van der Waals surface area contributed by atoms with Gasteiger partial charge in [0.2, 0.25) is 5.69 Å². The normalized spacial score (nSPS) is 10.4. The van der Waals surface area contributed by atoms with Crippen molar-refractivity contribution in [3.8, 4) is 11.3 Å². The Bertz CT molecular complexity index is 920. The summed E-state index contributed by atoms with van der Waals surface area (Å²) in [6.07, 6.45) is 0. The molecule has 26 heavy (non-hydrogen) atoms. The Hall–Kier alpha value is -3.12. The third-order valence-corrected chi connectivity index (χ3v) is 3.78. The Morgan fingerprint density at radius 3 is 2.46 bits per heavy atom. The van der Waals surface area contributed by atoms with Gasteiger partial charge in [-0.3, -0.25) is 4.79 Å². The summed E-state index contributed by atoms with van der Waals surface area (Å²) in [5, 5.41) is 7.02. The molecule has 3 rings (SSSR count). The van der Waals surface area contributed by atoms with Crippen LogP contribution in [-0.2, 0) is 4.74 Å². The monoisotopic (exact) mass is 370 g/mol. The van der Waals surface area contributed by atoms with Gasteiger partial charge < -0.3 is 14.6 Å². The zero-order valence-corrected chi connectivity index (χ0v) is 14.6. The van der Waals surface area contributed by atoms with Crippen molar-refractivity contribution in [2.24, 2.45) is 0 Å². The van der Waals surface area contributed by atoms with Gasteiger partial charge in [-0.2, -0.15) is 0 Å². The van der Waals surface area contributed by atoms with Gasteiger partial charge in [-0.25, -0.2) is 4.79 Å². The summed E-state index contributed by atoms with van der Waals surface area (Å²) < 4.78 is 10.3. The number of benzene rings is 2. The molecule has 1 heterocycles. The molecule has 132 valence electrons. The first kappa shape index (κ1) is 17.7. The zero-order valence-electron chi connectivity index (χ0n) is 13.9. The molecule has 0 saturated heterocycles. The van der Waals surface area contributed by atoms with Gasteiger partial charge in [-0.1, -0.05) is 47.1 Å². The third-order valence-electron chi connectivity index (χ3n) is 3.53. The predicted octanol–water partition coefficient (Wildman–Crippen LogP) is 4.42. The number of esters is 1. The molecule has 1 amide bonds. The molecule has 1 aromatic heterocycles. The molecule has 0 spiro atoms. The van der Waals surface area contributed by atoms with E-state index >= 15 is 0 Å². The fraction of sp³-hybridized carbons (Fsp3) is 0.105. The lowest BCUT2D eigenvalue weighted by molar-refractivity contribution is 0.0512. The van der Waals surface area contributed by atoms with Crippen LogP contribution in [0.3, 0.4) is 0 Å². The van der Waals surface area contributed by atoms with Crippen LogP contribution in [0.15, 0.2) is 59.1 Å². The van der Waals surface area contributed by atoms with Gasteiger partial charge in [-0.05, 0) is 31.2 Å². The second kappa shape index (κ2) is 7.84. The maximum Gasteiger partial charge on any atom is 0.361 e. The lowest BCUT2D eigenvalue weighted by Gasteiger charge is -2.07. The molecule has 0 unspecified atom stereocenters. The fourth-order valence-electron chi connectivity index (χ4n) is 2.35. The molecule has 0 bridgehead atoms. The molecule has 7 heteroatoms. The summed E-state index contributed by atoms with van der Waals surface area (Å²) >= 11 is 5.86. The Morgan fingerprint density at radius 1 is 1.12 bits per heavy atom. The van der Waals surface area contributed by atoms with Crippen LogP contribution >= 0.6 is 11.6 Å². The van der Waals surface area contributed by atoms with Crippen LogP contribution in [-0.4, -0.2) is 23.6 Å². The number of nitrogens with one attached hydrogen (secondary N) is 1. The topological polar surface area (TPSA) is 81.4 Å². The number of rotatable bonds is 5. The van der Waals surface area contributed by atoms with Crippen molar-refractivity contribution >= 4 is 29.2 Å². The Morgan fingerprint density at radius 2 is 1.81 bits per heavy atom. The van der Waals surface area contributed by atoms with Crippen molar-refractivity contribution in [1.82, 2.24) is 5.16 Å². The molecule has 0 atom stereocenters. The van der Waals surface area contributed by atoms with Crippen molar-refractivity contribution in [3.63, 3.8) is 0 Å². The van der Waals surface area contributed by atoms with E-state index in [-0.39, 0.29) is 23.6 Å². The van der Waals surface area contributed by atoms with Crippen molar-refractivity contribution in [2.45, 2.75) is 6.92 Å². The van der Waals surface area contributed by atoms with E-state index in [0.717, 1.165) is 0 Å². The Kier molecular flexibility index (Phi) is 5.34. The minimum atomic E-state index is -0.723. The van der Waals surface area contributed by atoms with E-state index < -0.39 is 11.9 Å². The summed E-state index contributed by atoms with van der Waals surface area (Å²) in [6, 6.07) is 15.5. The number of hydrogen-bond acceptors (Lipinski definition) is 5. The van der Waals surface area contributed by atoms with Crippen LogP contribution in [0.25, 0.3) is 11.3 Å². The van der Waals surface area contributed by atoms with Crippen LogP contribution in [0.5, 0.6) is 0 Å². The number of aromatic nitrogens is 1. The van der Waals surface area contributed by atoms with E-state index in [1.807, 2.05) is 6.07 Å². The average molecular weight is 371 g/mol. The number of amides is 1. The molecule has 3 aromatic rings. The number of anilines is 1. The molecule has 0 radical (unpaired) electrons. The molecule has 6 nitrogen and oxygen atoms in total. The average Bonchev–Trinajstić information content (AvgIpc) is 3.10. The van der Waals surface area contributed by atoms with E-state index in [1.165, 1.54) is 0 Å². The molecule has 0 fully saturated rings. The minimum absolute atomic E-state index is 0.0181. The Labute approximate surface area is 154 Å². The lowest BCUT2D eigenvalue weighted by Crippen LogP contribution is -2.17. The number of nitrogens with zero attached hydrogens (tertiary/aromatic N) is 1. The van der Waals surface area contributed by atoms with Crippen LogP contribution in [0, 0.1) is 0 Å². The number of ether oxygens (including phenoxy) is 1. The van der Waals surface area contributed by atoms with E-state index in [2.05, 4.69) is 10.5 Å². The van der Waals surface area contributed by atoms with E-state index in [4.69, 9.17) is 20.9 Å². The zero-order chi connectivity index (χ0) is 18.5. The highest BCUT2D eigenvalue weighted by Crippen LogP contribution is 2.28. The minimum Gasteiger partial charge on any atom is -0.461 e. The fourth-order valence-corrected chi connectivity index (χ4v) is 2.48. The molecule has 0 saturated carbocycles. The first-order valence-electron chi connectivity index (χ1n) is 7.89. The van der Waals surface area contributed by atoms with Crippen molar-refractivity contribution < 1.29 is 18.8 Å². The van der Waals surface area contributed by atoms with Gasteiger partial charge in [0, 0.05) is 16.3 Å². The molecule has 2 aromatic carbocycles. The van der Waals surface area contributed by atoms with Gasteiger partial charge >= 0.3 is 5.97 Å². The lowest BCUT2D eigenvalue weighted by atomic mass is 10.1. The second-order valence-electron chi connectivity index (χ2n) is 5.28. The second-order valence-corrected chi connectivity index (χ2v) is 5.72. The van der Waals surface area contributed by atoms with Crippen LogP contribution in [0.1, 0.15) is 27.8 Å². The number of hydrogen-bond donors (Lipinski definition) is 1. The summed E-state index contributed by atoms with van der Waals surface area (Å²) in [5.74, 6) is -1.06. The maximum absolute atomic E-state index is 12.8. The first-order valence-corrected chi connectivity index (χ1v) is 8.27. The smallest absolute Gasteiger partial charge is 0.361 e. The third kappa shape index (κ3) is 3.75. The first-order chi connectivity index (χ1) is 12.6. The Balaban J connectivity index is 2.01. The maximum atomic E-state index is 12.8. The number of carbonyl (C=O) groups is 2.